The molecule has 7 atom stereocenters. The van der Waals surface area contributed by atoms with Crippen molar-refractivity contribution in [2.45, 2.75) is 110 Å². The van der Waals surface area contributed by atoms with Gasteiger partial charge in [0, 0.05) is 20.0 Å². The van der Waals surface area contributed by atoms with Crippen LogP contribution in [0.3, 0.4) is 0 Å². The van der Waals surface area contributed by atoms with Gasteiger partial charge in [0.2, 0.25) is 6.29 Å². The van der Waals surface area contributed by atoms with Crippen molar-refractivity contribution in [3.8, 4) is 6.07 Å². The average Bonchev–Trinajstić information content (AvgIpc) is 3.22. The number of rotatable bonds is 4. The van der Waals surface area contributed by atoms with Crippen molar-refractivity contribution in [2.75, 3.05) is 14.2 Å². The van der Waals surface area contributed by atoms with Gasteiger partial charge in [0.05, 0.1) is 24.7 Å². The number of hydrogen-bond acceptors (Lipinski definition) is 6. The van der Waals surface area contributed by atoms with Crippen LogP contribution in [0.1, 0.15) is 79.6 Å². The van der Waals surface area contributed by atoms with Crippen LogP contribution >= 0.6 is 0 Å². The van der Waals surface area contributed by atoms with E-state index in [1.807, 2.05) is 0 Å². The molecule has 0 N–H and O–H groups in total. The van der Waals surface area contributed by atoms with Gasteiger partial charge in [0.1, 0.15) is 11.2 Å². The molecule has 196 valence electrons. The van der Waals surface area contributed by atoms with Crippen LogP contribution < -0.4 is 0 Å². The van der Waals surface area contributed by atoms with Gasteiger partial charge in [0.15, 0.2) is 8.32 Å². The van der Waals surface area contributed by atoms with Crippen molar-refractivity contribution in [1.82, 2.24) is 0 Å². The fourth-order valence-corrected chi connectivity index (χ4v) is 9.25. The van der Waals surface area contributed by atoms with Gasteiger partial charge in [-0.2, -0.15) is 5.26 Å². The zero-order valence-electron chi connectivity index (χ0n) is 23.2. The molecule has 0 unspecified atom stereocenters. The van der Waals surface area contributed by atoms with Gasteiger partial charge in [-0.05, 0) is 73.6 Å². The van der Waals surface area contributed by atoms with Crippen LogP contribution in [0.5, 0.6) is 0 Å². The van der Waals surface area contributed by atoms with Crippen molar-refractivity contribution in [1.29, 1.82) is 5.26 Å². The zero-order chi connectivity index (χ0) is 26.0. The van der Waals surface area contributed by atoms with Crippen LogP contribution in [0.15, 0.2) is 11.3 Å². The van der Waals surface area contributed by atoms with E-state index in [2.05, 4.69) is 53.8 Å². The molecule has 0 amide bonds. The number of nitriles is 1. The average molecular weight is 504 g/mol. The molecule has 0 saturated heterocycles. The Kier molecular flexibility index (Phi) is 6.56. The minimum Gasteiger partial charge on any atom is -0.469 e. The summed E-state index contributed by atoms with van der Waals surface area (Å²) < 4.78 is 24.4. The predicted molar refractivity (Wildman–Crippen MR) is 137 cm³/mol. The van der Waals surface area contributed by atoms with E-state index in [0.29, 0.717) is 12.8 Å². The maximum absolute atomic E-state index is 13.2. The molecule has 4 aliphatic rings. The van der Waals surface area contributed by atoms with Gasteiger partial charge in [-0.1, -0.05) is 34.1 Å². The van der Waals surface area contributed by atoms with Gasteiger partial charge in [-0.15, -0.1) is 0 Å². The fourth-order valence-electron chi connectivity index (χ4n) is 7.90. The standard InChI is InChI=1S/C28H45NO5Si/c1-25(2,3)35(8,9)34-22-16-21-26(4,13-10-14-27(21,5)24(30)32-7)20-12-11-19-18(28(20,22)17-29)15-23(31-6)33-19/h20-23H,10-16H2,1-9H3/t20-,21-,22-,23-,26-,27+,28+/m1/s1. The third-order valence-electron chi connectivity index (χ3n) is 10.8. The molecule has 0 aromatic rings. The molecule has 35 heavy (non-hydrogen) atoms. The molecule has 7 heteroatoms. The van der Waals surface area contributed by atoms with Crippen LogP contribution in [0.25, 0.3) is 0 Å². The Balaban J connectivity index is 1.90. The summed E-state index contributed by atoms with van der Waals surface area (Å²) in [6, 6.07) is 2.88. The second-order valence-corrected chi connectivity index (χ2v) is 18.1. The molecule has 1 aliphatic heterocycles. The maximum atomic E-state index is 13.2. The summed E-state index contributed by atoms with van der Waals surface area (Å²) in [4.78, 5) is 13.2. The minimum atomic E-state index is -2.23. The highest BCUT2D eigenvalue weighted by Crippen LogP contribution is 2.70. The Morgan fingerprint density at radius 2 is 1.86 bits per heavy atom. The Labute approximate surface area is 212 Å². The molecular formula is C28H45NO5Si. The predicted octanol–water partition coefficient (Wildman–Crippen LogP) is 6.33. The van der Waals surface area contributed by atoms with Crippen molar-refractivity contribution in [3.05, 3.63) is 11.3 Å². The molecule has 0 aromatic heterocycles. The summed E-state index contributed by atoms with van der Waals surface area (Å²) in [7, 11) is 0.949. The lowest BCUT2D eigenvalue weighted by molar-refractivity contribution is -0.189. The van der Waals surface area contributed by atoms with E-state index < -0.39 is 19.1 Å². The second-order valence-electron chi connectivity index (χ2n) is 13.4. The maximum Gasteiger partial charge on any atom is 0.311 e. The Hall–Kier alpha value is -1.36. The number of hydrogen-bond donors (Lipinski definition) is 0. The zero-order valence-corrected chi connectivity index (χ0v) is 24.2. The fraction of sp³-hybridized carbons (Fsp3) is 0.857. The summed E-state index contributed by atoms with van der Waals surface area (Å²) in [5.41, 5.74) is -0.407. The summed E-state index contributed by atoms with van der Waals surface area (Å²) >= 11 is 0. The lowest BCUT2D eigenvalue weighted by Crippen LogP contribution is -2.65. The van der Waals surface area contributed by atoms with Gasteiger partial charge in [-0.3, -0.25) is 4.79 Å². The molecule has 0 radical (unpaired) electrons. The number of carbonyl (C=O) groups excluding carboxylic acids is 1. The molecule has 3 aliphatic carbocycles. The first-order valence-corrected chi connectivity index (χ1v) is 16.2. The molecule has 0 bridgehead atoms. The molecule has 6 nitrogen and oxygen atoms in total. The lowest BCUT2D eigenvalue weighted by atomic mass is 9.39. The monoisotopic (exact) mass is 503 g/mol. The van der Waals surface area contributed by atoms with E-state index in [1.54, 1.807) is 7.11 Å². The van der Waals surface area contributed by atoms with Crippen LogP contribution in [0.2, 0.25) is 18.1 Å². The van der Waals surface area contributed by atoms with Gasteiger partial charge in [-0.25, -0.2) is 0 Å². The number of carbonyl (C=O) groups is 1. The van der Waals surface area contributed by atoms with Crippen molar-refractivity contribution >= 4 is 14.3 Å². The minimum absolute atomic E-state index is 0.00519. The number of allylic oxidation sites excluding steroid dienone is 1. The quantitative estimate of drug-likeness (QED) is 0.329. The molecule has 2 fully saturated rings. The summed E-state index contributed by atoms with van der Waals surface area (Å²) in [6.45, 7) is 15.7. The van der Waals surface area contributed by atoms with E-state index in [9.17, 15) is 10.1 Å². The molecule has 1 heterocycles. The second kappa shape index (κ2) is 8.60. The van der Waals surface area contributed by atoms with E-state index >= 15 is 0 Å². The van der Waals surface area contributed by atoms with E-state index in [-0.39, 0.29) is 40.7 Å². The Morgan fingerprint density at radius 3 is 2.43 bits per heavy atom. The number of nitrogens with zero attached hydrogens (tertiary/aromatic N) is 1. The third-order valence-corrected chi connectivity index (χ3v) is 15.2. The first-order chi connectivity index (χ1) is 16.2. The number of ether oxygens (including phenoxy) is 3. The molecule has 2 saturated carbocycles. The SMILES string of the molecule is COC(=O)[C@@]1(C)CCC[C@]2(C)[C@H]3CCC4=C(C[C@H](OC)O4)[C@]3(C#N)[C@H](O[Si](C)(C)C(C)(C)C)C[C@H]21. The van der Waals surface area contributed by atoms with Crippen LogP contribution in [-0.4, -0.2) is 40.9 Å². The smallest absolute Gasteiger partial charge is 0.311 e. The molecular weight excluding hydrogens is 458 g/mol. The van der Waals surface area contributed by atoms with E-state index in [1.165, 1.54) is 7.11 Å². The van der Waals surface area contributed by atoms with E-state index in [0.717, 1.165) is 43.4 Å². The van der Waals surface area contributed by atoms with Gasteiger partial charge >= 0.3 is 5.97 Å². The highest BCUT2D eigenvalue weighted by atomic mass is 28.4. The van der Waals surface area contributed by atoms with E-state index in [4.69, 9.17) is 18.6 Å². The lowest BCUT2D eigenvalue weighted by Gasteiger charge is -2.65. The topological polar surface area (TPSA) is 77.8 Å². The van der Waals surface area contributed by atoms with Gasteiger partial charge in [0.25, 0.3) is 0 Å². The number of fused-ring (bicyclic) bond motifs is 4. The van der Waals surface area contributed by atoms with Gasteiger partial charge < -0.3 is 18.6 Å². The normalized spacial score (nSPS) is 41.3. The van der Waals surface area contributed by atoms with Crippen molar-refractivity contribution < 1.29 is 23.4 Å². The summed E-state index contributed by atoms with van der Waals surface area (Å²) in [5, 5.41) is 11.1. The molecule has 0 aromatic carbocycles. The van der Waals surface area contributed by atoms with Crippen LogP contribution in [-0.2, 0) is 23.4 Å². The Bertz CT molecular complexity index is 948. The molecule has 0 spiro atoms. The first kappa shape index (κ1) is 26.7. The summed E-state index contributed by atoms with van der Waals surface area (Å²) in [5.74, 6) is 1.01. The highest BCUT2D eigenvalue weighted by molar-refractivity contribution is 6.74. The van der Waals surface area contributed by atoms with Crippen molar-refractivity contribution in [3.63, 3.8) is 0 Å². The third kappa shape index (κ3) is 3.73. The number of esters is 1. The largest absolute Gasteiger partial charge is 0.469 e. The van der Waals surface area contributed by atoms with Crippen LogP contribution in [0.4, 0.5) is 0 Å². The van der Waals surface area contributed by atoms with Crippen molar-refractivity contribution in [2.24, 2.45) is 28.1 Å². The first-order valence-electron chi connectivity index (χ1n) is 13.3. The Morgan fingerprint density at radius 1 is 1.17 bits per heavy atom. The molecule has 4 rings (SSSR count). The van der Waals surface area contributed by atoms with Crippen LogP contribution in [0, 0.1) is 39.4 Å². The number of methoxy groups -OCH3 is 2. The summed E-state index contributed by atoms with van der Waals surface area (Å²) in [6.07, 6.45) is 5.16. The highest BCUT2D eigenvalue weighted by Gasteiger charge is 2.70.